The van der Waals surface area contributed by atoms with Gasteiger partial charge in [0, 0.05) is 39.9 Å². The van der Waals surface area contributed by atoms with E-state index in [0.29, 0.717) is 12.1 Å². The molecule has 0 aliphatic carbocycles. The Kier molecular flexibility index (Phi) is 5.24. The first-order valence-electron chi connectivity index (χ1n) is 6.82. The fraction of sp³-hybridized carbons (Fsp3) is 0.714. The third-order valence-corrected chi connectivity index (χ3v) is 5.83. The fourth-order valence-corrected chi connectivity index (χ4v) is 4.33. The predicted molar refractivity (Wildman–Crippen MR) is 83.1 cm³/mol. The van der Waals surface area contributed by atoms with Gasteiger partial charge in [-0.05, 0) is 47.8 Å². The lowest BCUT2D eigenvalue weighted by Gasteiger charge is -2.42. The fourth-order valence-electron chi connectivity index (χ4n) is 2.85. The number of thiophene rings is 1. The van der Waals surface area contributed by atoms with E-state index in [9.17, 15) is 0 Å². The van der Waals surface area contributed by atoms with Gasteiger partial charge >= 0.3 is 0 Å². The van der Waals surface area contributed by atoms with Gasteiger partial charge in [0.05, 0.1) is 0 Å². The van der Waals surface area contributed by atoms with Crippen LogP contribution in [0.1, 0.15) is 32.1 Å². The Morgan fingerprint density at radius 2 is 2.28 bits per heavy atom. The zero-order valence-electron chi connectivity index (χ0n) is 11.4. The molecule has 0 aromatic carbocycles. The van der Waals surface area contributed by atoms with Crippen molar-refractivity contribution in [3.05, 3.63) is 20.8 Å². The number of hydrogen-bond acceptors (Lipinski definition) is 3. The standard InChI is InChI=1S/C14H23BrN2S/c1-4-16-14-5-6-17(11(3)10(14)2)8-13-7-12(15)9-18-13/h7,9-11,14,16H,4-6,8H2,1-3H3. The van der Waals surface area contributed by atoms with Crippen LogP contribution >= 0.6 is 27.3 Å². The minimum Gasteiger partial charge on any atom is -0.314 e. The zero-order valence-corrected chi connectivity index (χ0v) is 13.9. The van der Waals surface area contributed by atoms with Gasteiger partial charge in [0.2, 0.25) is 0 Å². The van der Waals surface area contributed by atoms with E-state index in [4.69, 9.17) is 0 Å². The van der Waals surface area contributed by atoms with Crippen LogP contribution in [0.25, 0.3) is 0 Å². The topological polar surface area (TPSA) is 15.3 Å². The van der Waals surface area contributed by atoms with Crippen molar-refractivity contribution in [1.29, 1.82) is 0 Å². The summed E-state index contributed by atoms with van der Waals surface area (Å²) in [5, 5.41) is 5.80. The molecule has 1 aromatic rings. The van der Waals surface area contributed by atoms with Crippen molar-refractivity contribution in [2.24, 2.45) is 5.92 Å². The molecule has 1 N–H and O–H groups in total. The van der Waals surface area contributed by atoms with Gasteiger partial charge in [0.25, 0.3) is 0 Å². The maximum absolute atomic E-state index is 3.62. The molecule has 0 spiro atoms. The molecule has 102 valence electrons. The SMILES string of the molecule is CCNC1CCN(Cc2cc(Br)cs2)C(C)C1C. The van der Waals surface area contributed by atoms with E-state index in [1.807, 2.05) is 11.3 Å². The molecule has 2 nitrogen and oxygen atoms in total. The van der Waals surface area contributed by atoms with Crippen LogP contribution in [0, 0.1) is 5.92 Å². The minimum absolute atomic E-state index is 0.656. The highest BCUT2D eigenvalue weighted by molar-refractivity contribution is 9.10. The summed E-state index contributed by atoms with van der Waals surface area (Å²) in [6.07, 6.45) is 1.27. The number of halogens is 1. The average molecular weight is 331 g/mol. The maximum Gasteiger partial charge on any atom is 0.0331 e. The summed E-state index contributed by atoms with van der Waals surface area (Å²) >= 11 is 5.39. The second-order valence-corrected chi connectivity index (χ2v) is 7.17. The average Bonchev–Trinajstić information content (AvgIpc) is 2.75. The molecular weight excluding hydrogens is 308 g/mol. The molecule has 1 aliphatic rings. The normalized spacial score (nSPS) is 29.7. The quantitative estimate of drug-likeness (QED) is 0.905. The third kappa shape index (κ3) is 3.35. The first-order valence-corrected chi connectivity index (χ1v) is 8.49. The Labute approximate surface area is 123 Å². The zero-order chi connectivity index (χ0) is 13.1. The number of rotatable bonds is 4. The summed E-state index contributed by atoms with van der Waals surface area (Å²) in [6, 6.07) is 3.60. The Hall–Kier alpha value is 0.1000. The van der Waals surface area contributed by atoms with Gasteiger partial charge < -0.3 is 5.32 Å². The van der Waals surface area contributed by atoms with Crippen LogP contribution in [-0.2, 0) is 6.54 Å². The van der Waals surface area contributed by atoms with Crippen molar-refractivity contribution in [3.8, 4) is 0 Å². The lowest BCUT2D eigenvalue weighted by atomic mass is 9.87. The van der Waals surface area contributed by atoms with Crippen LogP contribution in [0.3, 0.4) is 0 Å². The van der Waals surface area contributed by atoms with E-state index in [-0.39, 0.29) is 0 Å². The van der Waals surface area contributed by atoms with Gasteiger partial charge in [-0.25, -0.2) is 0 Å². The molecule has 18 heavy (non-hydrogen) atoms. The lowest BCUT2D eigenvalue weighted by Crippen LogP contribution is -2.52. The van der Waals surface area contributed by atoms with Crippen LogP contribution < -0.4 is 5.32 Å². The molecule has 1 fully saturated rings. The molecule has 1 saturated heterocycles. The van der Waals surface area contributed by atoms with Crippen LogP contribution in [0.15, 0.2) is 15.9 Å². The monoisotopic (exact) mass is 330 g/mol. The maximum atomic E-state index is 3.62. The van der Waals surface area contributed by atoms with E-state index in [2.05, 4.69) is 58.4 Å². The molecule has 1 aromatic heterocycles. The molecule has 3 atom stereocenters. The number of hydrogen-bond donors (Lipinski definition) is 1. The summed E-state index contributed by atoms with van der Waals surface area (Å²) in [6.45, 7) is 10.3. The van der Waals surface area contributed by atoms with Gasteiger partial charge in [0.15, 0.2) is 0 Å². The van der Waals surface area contributed by atoms with Crippen LogP contribution in [-0.4, -0.2) is 30.1 Å². The summed E-state index contributed by atoms with van der Waals surface area (Å²) < 4.78 is 1.21. The molecule has 0 radical (unpaired) electrons. The van der Waals surface area contributed by atoms with E-state index in [1.165, 1.54) is 22.3 Å². The molecular formula is C14H23BrN2S. The van der Waals surface area contributed by atoms with Gasteiger partial charge in [-0.2, -0.15) is 0 Å². The number of piperidine rings is 1. The van der Waals surface area contributed by atoms with Crippen LogP contribution in [0.5, 0.6) is 0 Å². The van der Waals surface area contributed by atoms with E-state index < -0.39 is 0 Å². The lowest BCUT2D eigenvalue weighted by molar-refractivity contribution is 0.0799. The summed E-state index contributed by atoms with van der Waals surface area (Å²) in [7, 11) is 0. The highest BCUT2D eigenvalue weighted by Gasteiger charge is 2.31. The van der Waals surface area contributed by atoms with Crippen molar-refractivity contribution in [1.82, 2.24) is 10.2 Å². The number of nitrogens with one attached hydrogen (secondary N) is 1. The second-order valence-electron chi connectivity index (χ2n) is 5.25. The molecule has 1 aliphatic heterocycles. The van der Waals surface area contributed by atoms with Gasteiger partial charge in [-0.3, -0.25) is 4.90 Å². The van der Waals surface area contributed by atoms with E-state index in [0.717, 1.165) is 19.0 Å². The molecule has 2 heterocycles. The van der Waals surface area contributed by atoms with Crippen molar-refractivity contribution < 1.29 is 0 Å². The molecule has 0 saturated carbocycles. The Bertz CT molecular complexity index is 380. The van der Waals surface area contributed by atoms with Gasteiger partial charge in [0.1, 0.15) is 0 Å². The highest BCUT2D eigenvalue weighted by Crippen LogP contribution is 2.27. The molecule has 0 bridgehead atoms. The van der Waals surface area contributed by atoms with Crippen molar-refractivity contribution in [2.45, 2.75) is 45.8 Å². The van der Waals surface area contributed by atoms with Crippen molar-refractivity contribution in [2.75, 3.05) is 13.1 Å². The largest absolute Gasteiger partial charge is 0.314 e. The van der Waals surface area contributed by atoms with Crippen molar-refractivity contribution >= 4 is 27.3 Å². The van der Waals surface area contributed by atoms with E-state index >= 15 is 0 Å². The van der Waals surface area contributed by atoms with Crippen molar-refractivity contribution in [3.63, 3.8) is 0 Å². The summed E-state index contributed by atoms with van der Waals surface area (Å²) in [4.78, 5) is 4.08. The molecule has 0 amide bonds. The highest BCUT2D eigenvalue weighted by atomic mass is 79.9. The Morgan fingerprint density at radius 1 is 1.50 bits per heavy atom. The number of nitrogens with zero attached hydrogens (tertiary/aromatic N) is 1. The molecule has 4 heteroatoms. The third-order valence-electron chi connectivity index (χ3n) is 4.15. The smallest absolute Gasteiger partial charge is 0.0331 e. The van der Waals surface area contributed by atoms with Crippen LogP contribution in [0.4, 0.5) is 0 Å². The second kappa shape index (κ2) is 6.51. The first kappa shape index (κ1) is 14.5. The number of likely N-dealkylation sites (tertiary alicyclic amines) is 1. The molecule has 3 unspecified atom stereocenters. The Balaban J connectivity index is 1.95. The van der Waals surface area contributed by atoms with Gasteiger partial charge in [-0.1, -0.05) is 13.8 Å². The first-order chi connectivity index (χ1) is 8.61. The van der Waals surface area contributed by atoms with E-state index in [1.54, 1.807) is 0 Å². The molecule has 2 rings (SSSR count). The summed E-state index contributed by atoms with van der Waals surface area (Å²) in [5.74, 6) is 0.724. The Morgan fingerprint density at radius 3 is 2.89 bits per heavy atom. The summed E-state index contributed by atoms with van der Waals surface area (Å²) in [5.41, 5.74) is 0. The minimum atomic E-state index is 0.656. The van der Waals surface area contributed by atoms with Crippen LogP contribution in [0.2, 0.25) is 0 Å². The predicted octanol–water partition coefficient (Wildman–Crippen LogP) is 3.72. The van der Waals surface area contributed by atoms with Gasteiger partial charge in [-0.15, -0.1) is 11.3 Å².